The Bertz CT molecular complexity index is 918. The lowest BCUT2D eigenvalue weighted by Gasteiger charge is -2.13. The molecule has 25 heavy (non-hydrogen) atoms. The first-order chi connectivity index (χ1) is 12.0. The van der Waals surface area contributed by atoms with Crippen molar-refractivity contribution in [3.8, 4) is 0 Å². The van der Waals surface area contributed by atoms with Crippen LogP contribution in [0, 0.1) is 15.9 Å². The van der Waals surface area contributed by atoms with E-state index in [4.69, 9.17) is 16.6 Å². The molecule has 1 amide bonds. The van der Waals surface area contributed by atoms with Crippen LogP contribution in [0.3, 0.4) is 0 Å². The van der Waals surface area contributed by atoms with E-state index in [2.05, 4.69) is 0 Å². The number of benzene rings is 1. The Kier molecular flexibility index (Phi) is 4.77. The van der Waals surface area contributed by atoms with Gasteiger partial charge in [0.25, 0.3) is 5.91 Å². The summed E-state index contributed by atoms with van der Waals surface area (Å²) in [5, 5.41) is 10.6. The number of thioether (sulfide) groups is 1. The summed E-state index contributed by atoms with van der Waals surface area (Å²) in [6, 6.07) is 8.14. The van der Waals surface area contributed by atoms with Gasteiger partial charge in [-0.25, -0.2) is 4.39 Å². The molecule has 1 aromatic heterocycles. The molecule has 0 unspecified atom stereocenters. The number of hydrogen-bond acceptors (Lipinski definition) is 6. The molecule has 2 aromatic rings. The number of carbonyl (C=O) groups excluding carboxylic acids is 1. The van der Waals surface area contributed by atoms with Gasteiger partial charge in [-0.1, -0.05) is 30.1 Å². The van der Waals surface area contributed by atoms with Gasteiger partial charge in [-0.2, -0.15) is 0 Å². The quantitative estimate of drug-likeness (QED) is 0.343. The molecule has 1 aromatic carbocycles. The van der Waals surface area contributed by atoms with E-state index in [0.29, 0.717) is 14.9 Å². The van der Waals surface area contributed by atoms with Crippen molar-refractivity contribution in [1.82, 2.24) is 0 Å². The number of anilines is 1. The van der Waals surface area contributed by atoms with Crippen LogP contribution in [0.4, 0.5) is 16.0 Å². The second-order valence-electron chi connectivity index (χ2n) is 4.81. The third kappa shape index (κ3) is 3.67. The fourth-order valence-corrected chi connectivity index (χ4v) is 3.31. The average molecular weight is 376 g/mol. The number of nitrogens with zero attached hydrogens (tertiary/aromatic N) is 2. The van der Waals surface area contributed by atoms with E-state index in [0.717, 1.165) is 11.8 Å². The summed E-state index contributed by atoms with van der Waals surface area (Å²) in [5.74, 6) is -0.795. The average Bonchev–Trinajstić information content (AvgIpc) is 3.14. The smallest absolute Gasteiger partial charge is 0.401 e. The van der Waals surface area contributed by atoms with E-state index in [-0.39, 0.29) is 17.6 Å². The number of allylic oxidation sites excluding steroid dienone is 2. The van der Waals surface area contributed by atoms with Gasteiger partial charge in [-0.05, 0) is 42.5 Å². The van der Waals surface area contributed by atoms with Crippen molar-refractivity contribution in [3.63, 3.8) is 0 Å². The highest BCUT2D eigenvalue weighted by Gasteiger charge is 2.32. The van der Waals surface area contributed by atoms with Crippen LogP contribution in [-0.4, -0.2) is 15.2 Å². The summed E-state index contributed by atoms with van der Waals surface area (Å²) < 4.78 is 18.3. The molecule has 0 spiro atoms. The third-order valence-corrected chi connectivity index (χ3v) is 4.50. The van der Waals surface area contributed by atoms with Crippen LogP contribution in [0.25, 0.3) is 6.08 Å². The summed E-state index contributed by atoms with van der Waals surface area (Å²) in [6.07, 6.45) is 4.58. The maximum Gasteiger partial charge on any atom is 0.433 e. The Morgan fingerprint density at radius 3 is 2.60 bits per heavy atom. The van der Waals surface area contributed by atoms with Crippen molar-refractivity contribution in [2.24, 2.45) is 0 Å². The van der Waals surface area contributed by atoms with Crippen molar-refractivity contribution in [1.29, 1.82) is 0 Å². The van der Waals surface area contributed by atoms with E-state index in [9.17, 15) is 19.3 Å². The topological polar surface area (TPSA) is 76.6 Å². The fraction of sp³-hybridized carbons (Fsp3) is 0. The standard InChI is InChI=1S/C16H9FN2O4S2/c17-10-4-6-11(7-5-10)18-15(20)13(25-16(18)24)3-1-2-12-8-9-14(23-12)19(21)22/h1-9H/b2-1+,13-3+. The van der Waals surface area contributed by atoms with Crippen molar-refractivity contribution in [2.45, 2.75) is 0 Å². The van der Waals surface area contributed by atoms with Crippen LogP contribution in [0.2, 0.25) is 0 Å². The van der Waals surface area contributed by atoms with Crippen LogP contribution in [0.1, 0.15) is 5.76 Å². The number of nitro groups is 1. The fourth-order valence-electron chi connectivity index (χ4n) is 2.05. The number of thiocarbonyl (C=S) groups is 1. The monoisotopic (exact) mass is 376 g/mol. The number of amides is 1. The van der Waals surface area contributed by atoms with Gasteiger partial charge in [0.2, 0.25) is 0 Å². The number of hydrogen-bond donors (Lipinski definition) is 0. The van der Waals surface area contributed by atoms with Gasteiger partial charge in [-0.15, -0.1) is 0 Å². The molecule has 0 aliphatic carbocycles. The van der Waals surface area contributed by atoms with Crippen LogP contribution in [0.15, 0.2) is 57.9 Å². The zero-order valence-corrected chi connectivity index (χ0v) is 14.1. The van der Waals surface area contributed by atoms with Crippen LogP contribution < -0.4 is 4.90 Å². The number of rotatable bonds is 4. The predicted octanol–water partition coefficient (Wildman–Crippen LogP) is 4.29. The van der Waals surface area contributed by atoms with Gasteiger partial charge in [0.1, 0.15) is 16.5 Å². The summed E-state index contributed by atoms with van der Waals surface area (Å²) in [7, 11) is 0. The highest BCUT2D eigenvalue weighted by molar-refractivity contribution is 8.27. The van der Waals surface area contributed by atoms with Gasteiger partial charge >= 0.3 is 5.88 Å². The lowest BCUT2D eigenvalue weighted by Crippen LogP contribution is -2.27. The summed E-state index contributed by atoms with van der Waals surface area (Å²) >= 11 is 6.31. The Morgan fingerprint density at radius 2 is 1.96 bits per heavy atom. The Hall–Kier alpha value is -2.78. The zero-order chi connectivity index (χ0) is 18.0. The van der Waals surface area contributed by atoms with Crippen molar-refractivity contribution in [2.75, 3.05) is 4.90 Å². The highest BCUT2D eigenvalue weighted by atomic mass is 32.2. The minimum atomic E-state index is -0.634. The molecule has 9 heteroatoms. The minimum absolute atomic E-state index is 0.289. The summed E-state index contributed by atoms with van der Waals surface area (Å²) in [5.41, 5.74) is 0.484. The molecule has 1 aliphatic rings. The number of furan rings is 1. The maximum absolute atomic E-state index is 13.0. The van der Waals surface area contributed by atoms with Gasteiger partial charge in [-0.3, -0.25) is 19.8 Å². The molecule has 0 radical (unpaired) electrons. The van der Waals surface area contributed by atoms with Crippen molar-refractivity contribution in [3.05, 3.63) is 75.1 Å². The van der Waals surface area contributed by atoms with Crippen LogP contribution >= 0.6 is 24.0 Å². The van der Waals surface area contributed by atoms with Crippen LogP contribution in [0.5, 0.6) is 0 Å². The number of carbonyl (C=O) groups is 1. The lowest BCUT2D eigenvalue weighted by molar-refractivity contribution is -0.402. The van der Waals surface area contributed by atoms with Crippen molar-refractivity contribution >= 4 is 51.9 Å². The molecular formula is C16H9FN2O4S2. The Morgan fingerprint density at radius 1 is 1.24 bits per heavy atom. The molecule has 126 valence electrons. The van der Waals surface area contributed by atoms with Crippen molar-refractivity contribution < 1.29 is 18.5 Å². The number of halogens is 1. The molecule has 6 nitrogen and oxygen atoms in total. The molecule has 1 saturated heterocycles. The van der Waals surface area contributed by atoms with Crippen LogP contribution in [-0.2, 0) is 4.79 Å². The predicted molar refractivity (Wildman–Crippen MR) is 96.6 cm³/mol. The first kappa shape index (κ1) is 17.1. The first-order valence-corrected chi connectivity index (χ1v) is 8.12. The van der Waals surface area contributed by atoms with E-state index < -0.39 is 10.7 Å². The summed E-state index contributed by atoms with van der Waals surface area (Å²) in [6.45, 7) is 0. The Balaban J connectivity index is 1.76. The SMILES string of the molecule is O=C1/C(=C\C=C\c2ccc([N+](=O)[O-])o2)SC(=S)N1c1ccc(F)cc1. The van der Waals surface area contributed by atoms with E-state index >= 15 is 0 Å². The Labute approximate surface area is 150 Å². The summed E-state index contributed by atoms with van der Waals surface area (Å²) in [4.78, 5) is 24.1. The molecule has 0 atom stereocenters. The highest BCUT2D eigenvalue weighted by Crippen LogP contribution is 2.34. The second-order valence-corrected chi connectivity index (χ2v) is 6.48. The normalized spacial score (nSPS) is 16.4. The van der Waals surface area contributed by atoms with Gasteiger partial charge in [0.05, 0.1) is 16.7 Å². The molecule has 0 saturated carbocycles. The molecule has 0 bridgehead atoms. The minimum Gasteiger partial charge on any atom is -0.401 e. The van der Waals surface area contributed by atoms with E-state index in [1.54, 1.807) is 6.08 Å². The lowest BCUT2D eigenvalue weighted by atomic mass is 10.3. The molecule has 1 fully saturated rings. The van der Waals surface area contributed by atoms with Gasteiger partial charge in [0, 0.05) is 0 Å². The largest absolute Gasteiger partial charge is 0.433 e. The molecule has 2 heterocycles. The zero-order valence-electron chi connectivity index (χ0n) is 12.4. The molecule has 1 aliphatic heterocycles. The van der Waals surface area contributed by atoms with E-state index in [1.165, 1.54) is 53.5 Å². The third-order valence-electron chi connectivity index (χ3n) is 3.18. The maximum atomic E-state index is 13.0. The van der Waals surface area contributed by atoms with E-state index in [1.807, 2.05) is 0 Å². The van der Waals surface area contributed by atoms with Gasteiger partial charge < -0.3 is 4.42 Å². The molecule has 0 N–H and O–H groups in total. The first-order valence-electron chi connectivity index (χ1n) is 6.90. The molecule has 3 rings (SSSR count). The van der Waals surface area contributed by atoms with Gasteiger partial charge in [0.15, 0.2) is 4.32 Å². The molecular weight excluding hydrogens is 367 g/mol. The second kappa shape index (κ2) is 6.99.